The van der Waals surface area contributed by atoms with Crippen molar-refractivity contribution in [2.75, 3.05) is 26.0 Å². The lowest BCUT2D eigenvalue weighted by Crippen LogP contribution is -2.24. The number of ether oxygens (including phenoxy) is 1. The van der Waals surface area contributed by atoms with Crippen molar-refractivity contribution in [3.05, 3.63) is 24.3 Å². The van der Waals surface area contributed by atoms with Crippen LogP contribution < -0.4 is 5.32 Å². The first kappa shape index (κ1) is 17.2. The molecule has 1 aromatic carbocycles. The predicted octanol–water partition coefficient (Wildman–Crippen LogP) is 2.05. The third kappa shape index (κ3) is 5.23. The summed E-state index contributed by atoms with van der Waals surface area (Å²) in [5.74, 6) is 0. The number of anilines is 1. The number of sulfonamides is 1. The zero-order chi connectivity index (χ0) is 16.3. The molecule has 0 bridgehead atoms. The number of hydrogen-bond donors (Lipinski definition) is 1. The topological polar surface area (TPSA) is 75.7 Å². The van der Waals surface area contributed by atoms with Crippen LogP contribution in [0.15, 0.2) is 29.2 Å². The number of alkyl halides is 3. The Morgan fingerprint density at radius 1 is 1.33 bits per heavy atom. The first-order chi connectivity index (χ1) is 9.52. The summed E-state index contributed by atoms with van der Waals surface area (Å²) in [5.41, 5.74) is 0.00472. The molecule has 0 fully saturated rings. The molecule has 0 heterocycles. The van der Waals surface area contributed by atoms with Gasteiger partial charge in [0, 0.05) is 19.8 Å². The fourth-order valence-corrected chi connectivity index (χ4v) is 2.19. The minimum Gasteiger partial charge on any atom is -0.440 e. The monoisotopic (exact) mass is 326 g/mol. The molecule has 0 saturated carbocycles. The van der Waals surface area contributed by atoms with Crippen LogP contribution >= 0.6 is 0 Å². The van der Waals surface area contributed by atoms with Crippen LogP contribution in [0.1, 0.15) is 0 Å². The number of amides is 1. The van der Waals surface area contributed by atoms with Crippen molar-refractivity contribution in [2.24, 2.45) is 0 Å². The van der Waals surface area contributed by atoms with E-state index in [1.165, 1.54) is 32.3 Å². The highest BCUT2D eigenvalue weighted by atomic mass is 32.2. The Kier molecular flexibility index (Phi) is 5.18. The van der Waals surface area contributed by atoms with E-state index in [4.69, 9.17) is 0 Å². The molecular weight excluding hydrogens is 313 g/mol. The lowest BCUT2D eigenvalue weighted by molar-refractivity contribution is -0.159. The SMILES string of the molecule is CN(C)S(=O)(=O)c1cccc(NC(=O)OCC(F)(F)F)c1. The number of rotatable bonds is 4. The van der Waals surface area contributed by atoms with Crippen LogP contribution in [0, 0.1) is 0 Å². The molecule has 0 spiro atoms. The Hall–Kier alpha value is -1.81. The quantitative estimate of drug-likeness (QED) is 0.919. The van der Waals surface area contributed by atoms with Gasteiger partial charge < -0.3 is 4.74 Å². The van der Waals surface area contributed by atoms with Crippen LogP contribution in [0.5, 0.6) is 0 Å². The zero-order valence-corrected chi connectivity index (χ0v) is 12.0. The Morgan fingerprint density at radius 2 is 1.95 bits per heavy atom. The van der Waals surface area contributed by atoms with Crippen LogP contribution in [0.3, 0.4) is 0 Å². The molecule has 0 saturated heterocycles. The second-order valence-electron chi connectivity index (χ2n) is 4.13. The van der Waals surface area contributed by atoms with Gasteiger partial charge in [0.25, 0.3) is 0 Å². The highest BCUT2D eigenvalue weighted by Crippen LogP contribution is 2.19. The molecule has 0 aliphatic heterocycles. The number of carbonyl (C=O) groups is 1. The summed E-state index contributed by atoms with van der Waals surface area (Å²) in [6.45, 7) is -1.73. The van der Waals surface area contributed by atoms with Crippen LogP contribution in [0.4, 0.5) is 23.7 Å². The van der Waals surface area contributed by atoms with Gasteiger partial charge in [0.15, 0.2) is 6.61 Å². The molecule has 0 aromatic heterocycles. The molecular formula is C11H13F3N2O4S. The first-order valence-corrected chi connectivity index (χ1v) is 6.99. The maximum atomic E-state index is 11.9. The number of hydrogen-bond acceptors (Lipinski definition) is 4. The van der Waals surface area contributed by atoms with Crippen molar-refractivity contribution < 1.29 is 31.1 Å². The molecule has 6 nitrogen and oxygen atoms in total. The standard InChI is InChI=1S/C11H13F3N2O4S/c1-16(2)21(18,19)9-5-3-4-8(6-9)15-10(17)20-7-11(12,13)14/h3-6H,7H2,1-2H3,(H,15,17). The average molecular weight is 326 g/mol. The van der Waals surface area contributed by atoms with E-state index in [0.717, 1.165) is 10.4 Å². The second-order valence-corrected chi connectivity index (χ2v) is 6.28. The van der Waals surface area contributed by atoms with Gasteiger partial charge in [-0.05, 0) is 18.2 Å². The summed E-state index contributed by atoms with van der Waals surface area (Å²) in [7, 11) is -1.06. The maximum Gasteiger partial charge on any atom is 0.422 e. The van der Waals surface area contributed by atoms with Crippen LogP contribution in [0.25, 0.3) is 0 Å². The van der Waals surface area contributed by atoms with Crippen molar-refractivity contribution in [2.45, 2.75) is 11.1 Å². The lowest BCUT2D eigenvalue weighted by Gasteiger charge is -2.13. The van der Waals surface area contributed by atoms with Crippen molar-refractivity contribution in [3.8, 4) is 0 Å². The summed E-state index contributed by atoms with van der Waals surface area (Å²) in [6.07, 6.45) is -5.96. The molecule has 1 aromatic rings. The molecule has 0 unspecified atom stereocenters. The molecule has 1 N–H and O–H groups in total. The van der Waals surface area contributed by atoms with Crippen LogP contribution in [0.2, 0.25) is 0 Å². The van der Waals surface area contributed by atoms with E-state index < -0.39 is 28.9 Å². The van der Waals surface area contributed by atoms with Gasteiger partial charge in [-0.1, -0.05) is 6.07 Å². The summed E-state index contributed by atoms with van der Waals surface area (Å²) >= 11 is 0. The fourth-order valence-electron chi connectivity index (χ4n) is 1.25. The minimum absolute atomic E-state index is 0.00472. The third-order valence-electron chi connectivity index (χ3n) is 2.23. The Morgan fingerprint density at radius 3 is 2.48 bits per heavy atom. The second kappa shape index (κ2) is 6.31. The van der Waals surface area contributed by atoms with Gasteiger partial charge in [-0.15, -0.1) is 0 Å². The van der Waals surface area contributed by atoms with Gasteiger partial charge >= 0.3 is 12.3 Å². The number of nitrogens with one attached hydrogen (secondary N) is 1. The summed E-state index contributed by atoms with van der Waals surface area (Å²) < 4.78 is 64.3. The number of nitrogens with zero attached hydrogens (tertiary/aromatic N) is 1. The molecule has 0 aliphatic rings. The Labute approximate surface area is 119 Å². The predicted molar refractivity (Wildman–Crippen MR) is 68.3 cm³/mol. The minimum atomic E-state index is -4.63. The highest BCUT2D eigenvalue weighted by molar-refractivity contribution is 7.89. The Balaban J connectivity index is 2.81. The fraction of sp³-hybridized carbons (Fsp3) is 0.364. The number of halogens is 3. The van der Waals surface area contributed by atoms with E-state index in [9.17, 15) is 26.4 Å². The summed E-state index contributed by atoms with van der Waals surface area (Å²) in [5, 5.41) is 2.02. The van der Waals surface area contributed by atoms with E-state index >= 15 is 0 Å². The highest BCUT2D eigenvalue weighted by Gasteiger charge is 2.29. The smallest absolute Gasteiger partial charge is 0.422 e. The normalized spacial score (nSPS) is 12.3. The van der Waals surface area contributed by atoms with Gasteiger partial charge in [0.05, 0.1) is 4.90 Å². The van der Waals surface area contributed by atoms with Crippen LogP contribution in [-0.2, 0) is 14.8 Å². The van der Waals surface area contributed by atoms with E-state index in [1.54, 1.807) is 0 Å². The van der Waals surface area contributed by atoms with Crippen molar-refractivity contribution in [1.29, 1.82) is 0 Å². The lowest BCUT2D eigenvalue weighted by atomic mass is 10.3. The van der Waals surface area contributed by atoms with Crippen molar-refractivity contribution in [1.82, 2.24) is 4.31 Å². The number of benzene rings is 1. The van der Waals surface area contributed by atoms with E-state index in [2.05, 4.69) is 4.74 Å². The van der Waals surface area contributed by atoms with E-state index in [0.29, 0.717) is 0 Å². The van der Waals surface area contributed by atoms with Crippen LogP contribution in [-0.4, -0.2) is 45.7 Å². The zero-order valence-electron chi connectivity index (χ0n) is 11.1. The molecule has 1 rings (SSSR count). The van der Waals surface area contributed by atoms with Gasteiger partial charge in [-0.2, -0.15) is 13.2 Å². The van der Waals surface area contributed by atoms with Gasteiger partial charge in [0.2, 0.25) is 10.0 Å². The van der Waals surface area contributed by atoms with Gasteiger partial charge in [0.1, 0.15) is 0 Å². The van der Waals surface area contributed by atoms with Gasteiger partial charge in [-0.25, -0.2) is 17.5 Å². The summed E-state index contributed by atoms with van der Waals surface area (Å²) in [4.78, 5) is 11.1. The van der Waals surface area contributed by atoms with Gasteiger partial charge in [-0.3, -0.25) is 5.32 Å². The number of carbonyl (C=O) groups excluding carboxylic acids is 1. The van der Waals surface area contributed by atoms with Crippen molar-refractivity contribution in [3.63, 3.8) is 0 Å². The van der Waals surface area contributed by atoms with Crippen molar-refractivity contribution >= 4 is 21.8 Å². The van der Waals surface area contributed by atoms with E-state index in [1.807, 2.05) is 5.32 Å². The van der Waals surface area contributed by atoms with E-state index in [-0.39, 0.29) is 10.6 Å². The molecule has 0 aliphatic carbocycles. The average Bonchev–Trinajstić information content (AvgIpc) is 2.35. The first-order valence-electron chi connectivity index (χ1n) is 5.55. The maximum absolute atomic E-state index is 11.9. The molecule has 0 radical (unpaired) electrons. The molecule has 21 heavy (non-hydrogen) atoms. The third-order valence-corrected chi connectivity index (χ3v) is 4.04. The molecule has 10 heteroatoms. The largest absolute Gasteiger partial charge is 0.440 e. The molecule has 1 amide bonds. The molecule has 0 atom stereocenters. The summed E-state index contributed by atoms with van der Waals surface area (Å²) in [6, 6.07) is 5.07. The molecule has 118 valence electrons. The Bertz CT molecular complexity index is 614.